The van der Waals surface area contributed by atoms with Gasteiger partial charge < -0.3 is 9.88 Å². The fraction of sp³-hybridized carbons (Fsp3) is 0.167. The van der Waals surface area contributed by atoms with Crippen LogP contribution in [0.15, 0.2) is 61.1 Å². The summed E-state index contributed by atoms with van der Waals surface area (Å²) < 4.78 is 15.5. The first kappa shape index (κ1) is 15.9. The van der Waals surface area contributed by atoms with Gasteiger partial charge in [0.1, 0.15) is 11.5 Å². The van der Waals surface area contributed by atoms with E-state index >= 15 is 0 Å². The summed E-state index contributed by atoms with van der Waals surface area (Å²) in [6, 6.07) is 11.9. The zero-order valence-corrected chi connectivity index (χ0v) is 13.0. The number of imidazole rings is 1. The Kier molecular flexibility index (Phi) is 4.96. The van der Waals surface area contributed by atoms with E-state index in [1.54, 1.807) is 30.6 Å². The summed E-state index contributed by atoms with van der Waals surface area (Å²) in [6.07, 6.45) is 5.28. The molecule has 0 unspecified atom stereocenters. The monoisotopic (exact) mass is 324 g/mol. The van der Waals surface area contributed by atoms with E-state index in [-0.39, 0.29) is 18.1 Å². The van der Waals surface area contributed by atoms with Crippen LogP contribution in [0, 0.1) is 5.82 Å². The van der Waals surface area contributed by atoms with E-state index < -0.39 is 0 Å². The third kappa shape index (κ3) is 3.84. The highest BCUT2D eigenvalue weighted by Crippen LogP contribution is 2.13. The highest BCUT2D eigenvalue weighted by atomic mass is 19.1. The van der Waals surface area contributed by atoms with Gasteiger partial charge in [0.2, 0.25) is 5.91 Å². The number of nitrogens with one attached hydrogen (secondary N) is 1. The number of aromatic nitrogens is 3. The molecule has 3 aromatic rings. The van der Waals surface area contributed by atoms with E-state index in [1.807, 2.05) is 29.0 Å². The molecule has 2 heterocycles. The second-order valence-corrected chi connectivity index (χ2v) is 5.28. The molecule has 6 heteroatoms. The van der Waals surface area contributed by atoms with Gasteiger partial charge in [0.25, 0.3) is 0 Å². The highest BCUT2D eigenvalue weighted by molar-refractivity contribution is 5.78. The minimum atomic E-state index is -0.361. The van der Waals surface area contributed by atoms with Crippen molar-refractivity contribution in [2.75, 3.05) is 6.54 Å². The first-order chi connectivity index (χ1) is 11.7. The lowest BCUT2D eigenvalue weighted by Crippen LogP contribution is -2.28. The summed E-state index contributed by atoms with van der Waals surface area (Å²) >= 11 is 0. The van der Waals surface area contributed by atoms with Crippen molar-refractivity contribution >= 4 is 5.91 Å². The van der Waals surface area contributed by atoms with Crippen LogP contribution in [0.3, 0.4) is 0 Å². The minimum absolute atomic E-state index is 0.0314. The number of carbonyl (C=O) groups excluding carboxylic acids is 1. The molecule has 5 nitrogen and oxygen atoms in total. The number of hydrogen-bond donors (Lipinski definition) is 1. The first-order valence-electron chi connectivity index (χ1n) is 7.66. The number of hydrogen-bond acceptors (Lipinski definition) is 3. The second-order valence-electron chi connectivity index (χ2n) is 5.28. The lowest BCUT2D eigenvalue weighted by molar-refractivity contribution is -0.120. The topological polar surface area (TPSA) is 59.8 Å². The zero-order valence-electron chi connectivity index (χ0n) is 13.0. The average molecular weight is 324 g/mol. The quantitative estimate of drug-likeness (QED) is 0.757. The molecule has 24 heavy (non-hydrogen) atoms. The molecule has 0 radical (unpaired) electrons. The van der Waals surface area contributed by atoms with Gasteiger partial charge in [0, 0.05) is 31.7 Å². The molecule has 1 N–H and O–H groups in total. The van der Waals surface area contributed by atoms with Gasteiger partial charge in [-0.15, -0.1) is 0 Å². The maximum Gasteiger partial charge on any atom is 0.224 e. The third-order valence-corrected chi connectivity index (χ3v) is 3.59. The molecule has 0 spiro atoms. The summed E-state index contributed by atoms with van der Waals surface area (Å²) in [5, 5.41) is 2.80. The lowest BCUT2D eigenvalue weighted by Gasteiger charge is -2.09. The van der Waals surface area contributed by atoms with E-state index in [2.05, 4.69) is 15.3 Å². The summed E-state index contributed by atoms with van der Waals surface area (Å²) in [5.41, 5.74) is 1.17. The number of benzene rings is 1. The van der Waals surface area contributed by atoms with Crippen molar-refractivity contribution in [1.82, 2.24) is 19.9 Å². The molecule has 122 valence electrons. The van der Waals surface area contributed by atoms with Crippen molar-refractivity contribution < 1.29 is 9.18 Å². The number of rotatable bonds is 6. The van der Waals surface area contributed by atoms with Crippen molar-refractivity contribution in [2.24, 2.45) is 0 Å². The first-order valence-corrected chi connectivity index (χ1v) is 7.66. The van der Waals surface area contributed by atoms with Crippen LogP contribution in [0.25, 0.3) is 11.5 Å². The maximum absolute atomic E-state index is 13.5. The van der Waals surface area contributed by atoms with Gasteiger partial charge in [0.05, 0.1) is 6.42 Å². The third-order valence-electron chi connectivity index (χ3n) is 3.59. The van der Waals surface area contributed by atoms with Crippen molar-refractivity contribution in [3.63, 3.8) is 0 Å². The molecular weight excluding hydrogens is 307 g/mol. The molecule has 0 atom stereocenters. The average Bonchev–Trinajstić information content (AvgIpc) is 3.06. The number of halogens is 1. The Morgan fingerprint density at radius 1 is 1.08 bits per heavy atom. The molecule has 0 bridgehead atoms. The van der Waals surface area contributed by atoms with Crippen molar-refractivity contribution in [3.8, 4) is 11.5 Å². The molecule has 0 fully saturated rings. The zero-order chi connectivity index (χ0) is 16.8. The Labute approximate surface area is 139 Å². The Hall–Kier alpha value is -3.02. The van der Waals surface area contributed by atoms with Crippen LogP contribution in [0.1, 0.15) is 5.56 Å². The molecular formula is C18H17FN4O. The van der Waals surface area contributed by atoms with Crippen LogP contribution in [0.5, 0.6) is 0 Å². The number of pyridine rings is 1. The van der Waals surface area contributed by atoms with Crippen molar-refractivity contribution in [2.45, 2.75) is 13.0 Å². The summed E-state index contributed by atoms with van der Waals surface area (Å²) in [5.74, 6) is 0.179. The minimum Gasteiger partial charge on any atom is -0.354 e. The van der Waals surface area contributed by atoms with Crippen molar-refractivity contribution in [1.29, 1.82) is 0 Å². The van der Waals surface area contributed by atoms with Gasteiger partial charge in [-0.25, -0.2) is 9.37 Å². The fourth-order valence-corrected chi connectivity index (χ4v) is 2.41. The molecule has 0 aliphatic heterocycles. The van der Waals surface area contributed by atoms with Gasteiger partial charge in [-0.1, -0.05) is 24.3 Å². The summed E-state index contributed by atoms with van der Waals surface area (Å²) in [4.78, 5) is 20.5. The SMILES string of the molecule is O=C(Cc1ccccc1F)NCCn1ccnc1-c1ccccn1. The second kappa shape index (κ2) is 7.50. The highest BCUT2D eigenvalue weighted by Gasteiger charge is 2.09. The van der Waals surface area contributed by atoms with E-state index in [4.69, 9.17) is 0 Å². The molecule has 0 saturated heterocycles. The predicted molar refractivity (Wildman–Crippen MR) is 88.6 cm³/mol. The van der Waals surface area contributed by atoms with E-state index in [9.17, 15) is 9.18 Å². The molecule has 2 aromatic heterocycles. The Morgan fingerprint density at radius 3 is 2.71 bits per heavy atom. The molecule has 0 aliphatic carbocycles. The largest absolute Gasteiger partial charge is 0.354 e. The predicted octanol–water partition coefficient (Wildman–Crippen LogP) is 2.44. The van der Waals surface area contributed by atoms with Crippen LogP contribution in [-0.4, -0.2) is 27.0 Å². The summed E-state index contributed by atoms with van der Waals surface area (Å²) in [6.45, 7) is 0.998. The van der Waals surface area contributed by atoms with E-state index in [1.165, 1.54) is 6.07 Å². The van der Waals surface area contributed by atoms with Crippen molar-refractivity contribution in [3.05, 3.63) is 72.4 Å². The number of amides is 1. The Bertz CT molecular complexity index is 817. The number of carbonyl (C=O) groups is 1. The molecule has 0 saturated carbocycles. The molecule has 1 aromatic carbocycles. The van der Waals surface area contributed by atoms with E-state index in [0.29, 0.717) is 18.7 Å². The molecule has 0 aliphatic rings. The summed E-state index contributed by atoms with van der Waals surface area (Å²) in [7, 11) is 0. The van der Waals surface area contributed by atoms with Gasteiger partial charge in [-0.2, -0.15) is 0 Å². The fourth-order valence-electron chi connectivity index (χ4n) is 2.41. The molecule has 1 amide bonds. The Balaban J connectivity index is 1.55. The van der Waals surface area contributed by atoms with Gasteiger partial charge in [-0.3, -0.25) is 9.78 Å². The standard InChI is InChI=1S/C18H17FN4O/c19-15-6-2-1-5-14(15)13-17(24)21-9-11-23-12-10-22-18(23)16-7-3-4-8-20-16/h1-8,10,12H,9,11,13H2,(H,21,24). The van der Waals surface area contributed by atoms with Gasteiger partial charge >= 0.3 is 0 Å². The smallest absolute Gasteiger partial charge is 0.224 e. The van der Waals surface area contributed by atoms with Crippen LogP contribution >= 0.6 is 0 Å². The van der Waals surface area contributed by atoms with Crippen LogP contribution in [0.4, 0.5) is 4.39 Å². The normalized spacial score (nSPS) is 10.5. The Morgan fingerprint density at radius 2 is 1.92 bits per heavy atom. The van der Waals surface area contributed by atoms with Gasteiger partial charge in [-0.05, 0) is 23.8 Å². The van der Waals surface area contributed by atoms with Gasteiger partial charge in [0.15, 0.2) is 5.82 Å². The van der Waals surface area contributed by atoms with Crippen LogP contribution < -0.4 is 5.32 Å². The van der Waals surface area contributed by atoms with Crippen LogP contribution in [-0.2, 0) is 17.8 Å². The lowest BCUT2D eigenvalue weighted by atomic mass is 10.1. The van der Waals surface area contributed by atoms with E-state index in [0.717, 1.165) is 11.5 Å². The molecule has 3 rings (SSSR count). The van der Waals surface area contributed by atoms with Crippen LogP contribution in [0.2, 0.25) is 0 Å². The maximum atomic E-state index is 13.5. The number of nitrogens with zero attached hydrogens (tertiary/aromatic N) is 3.